The lowest BCUT2D eigenvalue weighted by Gasteiger charge is -2.06. The van der Waals surface area contributed by atoms with E-state index in [0.29, 0.717) is 12.2 Å². The average molecular weight is 276 g/mol. The zero-order valence-electron chi connectivity index (χ0n) is 11.9. The van der Waals surface area contributed by atoms with Crippen molar-refractivity contribution in [3.05, 3.63) is 83.4 Å². The molecular weight excluding hydrogens is 260 g/mol. The van der Waals surface area contributed by atoms with Crippen LogP contribution in [0, 0.1) is 6.92 Å². The van der Waals surface area contributed by atoms with Gasteiger partial charge in [0, 0.05) is 0 Å². The summed E-state index contributed by atoms with van der Waals surface area (Å²) in [6, 6.07) is 21.5. The van der Waals surface area contributed by atoms with Crippen LogP contribution >= 0.6 is 0 Å². The van der Waals surface area contributed by atoms with Crippen LogP contribution in [0.1, 0.15) is 21.5 Å². The molecule has 0 unspecified atom stereocenters. The molecule has 3 aromatic carbocycles. The maximum Gasteiger partial charge on any atom is 0.338 e. The summed E-state index contributed by atoms with van der Waals surface area (Å²) in [5.74, 6) is -0.290. The summed E-state index contributed by atoms with van der Waals surface area (Å²) in [6.07, 6.45) is 0. The van der Waals surface area contributed by atoms with Gasteiger partial charge in [-0.3, -0.25) is 0 Å². The van der Waals surface area contributed by atoms with Gasteiger partial charge in [0.05, 0.1) is 5.56 Å². The average Bonchev–Trinajstić information content (AvgIpc) is 2.53. The molecule has 3 aromatic rings. The molecule has 3 rings (SSSR count). The van der Waals surface area contributed by atoms with Crippen LogP contribution in [-0.2, 0) is 11.3 Å². The second-order valence-electron chi connectivity index (χ2n) is 5.13. The summed E-state index contributed by atoms with van der Waals surface area (Å²) in [6.45, 7) is 2.34. The van der Waals surface area contributed by atoms with E-state index in [1.807, 2.05) is 55.5 Å². The third-order valence-corrected chi connectivity index (χ3v) is 3.44. The molecule has 104 valence electrons. The van der Waals surface area contributed by atoms with Crippen molar-refractivity contribution >= 4 is 16.7 Å². The first-order valence-corrected chi connectivity index (χ1v) is 6.94. The Balaban J connectivity index is 1.78. The molecule has 0 bridgehead atoms. The van der Waals surface area contributed by atoms with Crippen molar-refractivity contribution in [2.75, 3.05) is 0 Å². The Morgan fingerprint density at radius 3 is 2.48 bits per heavy atom. The number of hydrogen-bond acceptors (Lipinski definition) is 2. The Kier molecular flexibility index (Phi) is 3.69. The summed E-state index contributed by atoms with van der Waals surface area (Å²) in [4.78, 5) is 12.1. The van der Waals surface area contributed by atoms with Crippen LogP contribution in [0.25, 0.3) is 10.8 Å². The van der Waals surface area contributed by atoms with Gasteiger partial charge >= 0.3 is 5.97 Å². The molecule has 2 nitrogen and oxygen atoms in total. The first-order chi connectivity index (χ1) is 10.2. The minimum absolute atomic E-state index is 0.290. The van der Waals surface area contributed by atoms with Crippen LogP contribution in [-0.4, -0.2) is 5.97 Å². The molecule has 0 aliphatic carbocycles. The van der Waals surface area contributed by atoms with E-state index in [2.05, 4.69) is 18.2 Å². The van der Waals surface area contributed by atoms with Crippen LogP contribution in [0.3, 0.4) is 0 Å². The number of ether oxygens (including phenoxy) is 1. The fourth-order valence-corrected chi connectivity index (χ4v) is 2.30. The number of esters is 1. The monoisotopic (exact) mass is 276 g/mol. The van der Waals surface area contributed by atoms with Crippen LogP contribution in [0.2, 0.25) is 0 Å². The molecule has 0 fully saturated rings. The molecular formula is C19H16O2. The number of benzene rings is 3. The van der Waals surface area contributed by atoms with Crippen molar-refractivity contribution < 1.29 is 9.53 Å². The quantitative estimate of drug-likeness (QED) is 0.658. The minimum atomic E-state index is -0.290. The van der Waals surface area contributed by atoms with E-state index < -0.39 is 0 Å². The third-order valence-electron chi connectivity index (χ3n) is 3.44. The minimum Gasteiger partial charge on any atom is -0.457 e. The molecule has 0 spiro atoms. The van der Waals surface area contributed by atoms with E-state index in [-0.39, 0.29) is 5.97 Å². The van der Waals surface area contributed by atoms with Crippen molar-refractivity contribution in [1.82, 2.24) is 0 Å². The Morgan fingerprint density at radius 2 is 1.67 bits per heavy atom. The lowest BCUT2D eigenvalue weighted by atomic mass is 10.0. The molecule has 21 heavy (non-hydrogen) atoms. The molecule has 0 aromatic heterocycles. The Hall–Kier alpha value is -2.61. The number of carbonyl (C=O) groups is 1. The van der Waals surface area contributed by atoms with Gasteiger partial charge in [-0.15, -0.1) is 0 Å². The Morgan fingerprint density at radius 1 is 0.905 bits per heavy atom. The SMILES string of the molecule is Cc1ccc2ccc(C(=O)OCc3ccccc3)cc2c1. The molecule has 0 atom stereocenters. The van der Waals surface area contributed by atoms with Gasteiger partial charge in [0.25, 0.3) is 0 Å². The third kappa shape index (κ3) is 3.11. The number of hydrogen-bond donors (Lipinski definition) is 0. The van der Waals surface area contributed by atoms with Crippen LogP contribution in [0.5, 0.6) is 0 Å². The van der Waals surface area contributed by atoms with Gasteiger partial charge in [0.15, 0.2) is 0 Å². The van der Waals surface area contributed by atoms with E-state index in [1.165, 1.54) is 5.56 Å². The fourth-order valence-electron chi connectivity index (χ4n) is 2.30. The molecule has 0 amide bonds. The number of aryl methyl sites for hydroxylation is 1. The lowest BCUT2D eigenvalue weighted by molar-refractivity contribution is 0.0473. The molecule has 0 N–H and O–H groups in total. The van der Waals surface area contributed by atoms with E-state index in [4.69, 9.17) is 4.74 Å². The van der Waals surface area contributed by atoms with Gasteiger partial charge in [-0.1, -0.05) is 60.2 Å². The molecule has 0 heterocycles. The highest BCUT2D eigenvalue weighted by atomic mass is 16.5. The molecule has 2 heteroatoms. The predicted octanol–water partition coefficient (Wildman–Crippen LogP) is 4.51. The van der Waals surface area contributed by atoms with Crippen molar-refractivity contribution in [2.45, 2.75) is 13.5 Å². The highest BCUT2D eigenvalue weighted by molar-refractivity contribution is 5.95. The van der Waals surface area contributed by atoms with Crippen LogP contribution in [0.15, 0.2) is 66.7 Å². The molecule has 0 saturated heterocycles. The van der Waals surface area contributed by atoms with Gasteiger partial charge < -0.3 is 4.74 Å². The zero-order valence-corrected chi connectivity index (χ0v) is 11.9. The van der Waals surface area contributed by atoms with E-state index in [0.717, 1.165) is 16.3 Å². The fraction of sp³-hybridized carbons (Fsp3) is 0.105. The van der Waals surface area contributed by atoms with Gasteiger partial charge in [-0.05, 0) is 35.4 Å². The largest absolute Gasteiger partial charge is 0.457 e. The first kappa shape index (κ1) is 13.4. The smallest absolute Gasteiger partial charge is 0.338 e. The molecule has 0 aliphatic rings. The van der Waals surface area contributed by atoms with Crippen LogP contribution < -0.4 is 0 Å². The van der Waals surface area contributed by atoms with Crippen molar-refractivity contribution in [2.24, 2.45) is 0 Å². The maximum absolute atomic E-state index is 12.1. The summed E-state index contributed by atoms with van der Waals surface area (Å²) >= 11 is 0. The number of fused-ring (bicyclic) bond motifs is 1. The van der Waals surface area contributed by atoms with Gasteiger partial charge in [-0.2, -0.15) is 0 Å². The van der Waals surface area contributed by atoms with Gasteiger partial charge in [-0.25, -0.2) is 4.79 Å². The molecule has 0 aliphatic heterocycles. The standard InChI is InChI=1S/C19H16O2/c1-14-7-8-16-9-10-17(12-18(16)11-14)19(20)21-13-15-5-3-2-4-6-15/h2-12H,13H2,1H3. The maximum atomic E-state index is 12.1. The van der Waals surface area contributed by atoms with E-state index >= 15 is 0 Å². The van der Waals surface area contributed by atoms with Gasteiger partial charge in [0.1, 0.15) is 6.61 Å². The summed E-state index contributed by atoms with van der Waals surface area (Å²) < 4.78 is 5.35. The summed E-state index contributed by atoms with van der Waals surface area (Å²) in [5, 5.41) is 2.18. The summed E-state index contributed by atoms with van der Waals surface area (Å²) in [7, 11) is 0. The number of rotatable bonds is 3. The Labute approximate surface area is 124 Å². The van der Waals surface area contributed by atoms with Crippen LogP contribution in [0.4, 0.5) is 0 Å². The van der Waals surface area contributed by atoms with E-state index in [1.54, 1.807) is 0 Å². The topological polar surface area (TPSA) is 26.3 Å². The van der Waals surface area contributed by atoms with E-state index in [9.17, 15) is 4.79 Å². The molecule has 0 radical (unpaired) electrons. The second-order valence-corrected chi connectivity index (χ2v) is 5.13. The highest BCUT2D eigenvalue weighted by Crippen LogP contribution is 2.18. The predicted molar refractivity (Wildman–Crippen MR) is 84.2 cm³/mol. The molecule has 0 saturated carbocycles. The number of carbonyl (C=O) groups excluding carboxylic acids is 1. The normalized spacial score (nSPS) is 10.5. The second kappa shape index (κ2) is 5.80. The van der Waals surface area contributed by atoms with Crippen molar-refractivity contribution in [3.63, 3.8) is 0 Å². The van der Waals surface area contributed by atoms with Crippen molar-refractivity contribution in [3.8, 4) is 0 Å². The summed E-state index contributed by atoms with van der Waals surface area (Å²) in [5.41, 5.74) is 2.75. The van der Waals surface area contributed by atoms with Crippen molar-refractivity contribution in [1.29, 1.82) is 0 Å². The zero-order chi connectivity index (χ0) is 14.7. The first-order valence-electron chi connectivity index (χ1n) is 6.94. The Bertz CT molecular complexity index is 776. The highest BCUT2D eigenvalue weighted by Gasteiger charge is 2.08. The lowest BCUT2D eigenvalue weighted by Crippen LogP contribution is -2.05. The van der Waals surface area contributed by atoms with Gasteiger partial charge in [0.2, 0.25) is 0 Å².